The van der Waals surface area contributed by atoms with Gasteiger partial charge in [0.15, 0.2) is 0 Å². The maximum absolute atomic E-state index is 13.3. The van der Waals surface area contributed by atoms with Gasteiger partial charge >= 0.3 is 0 Å². The van der Waals surface area contributed by atoms with Crippen molar-refractivity contribution in [1.82, 2.24) is 0 Å². The Hall–Kier alpha value is -0.780. The molecule has 0 bridgehead atoms. The van der Waals surface area contributed by atoms with Crippen molar-refractivity contribution in [2.24, 2.45) is 0 Å². The predicted octanol–water partition coefficient (Wildman–Crippen LogP) is 0.0727. The Balaban J connectivity index is 2.52. The third-order valence-corrected chi connectivity index (χ3v) is 3.45. The van der Waals surface area contributed by atoms with Gasteiger partial charge in [-0.2, -0.15) is 11.8 Å². The van der Waals surface area contributed by atoms with E-state index in [1.165, 1.54) is 23.9 Å². The topological polar surface area (TPSA) is 67.8 Å². The lowest BCUT2D eigenvalue weighted by molar-refractivity contribution is -0.431. The zero-order valence-electron chi connectivity index (χ0n) is 8.41. The number of aliphatic carboxylic acids is 1. The molecule has 0 saturated carbocycles. The number of quaternary nitrogens is 1. The fraction of sp³-hybridized carbons (Fsp3) is 0.300. The first kappa shape index (κ1) is 13.3. The molecule has 1 rings (SSSR count). The van der Waals surface area contributed by atoms with Crippen LogP contribution in [0.3, 0.4) is 0 Å². The second-order valence-electron chi connectivity index (χ2n) is 3.23. The number of benzene rings is 1. The van der Waals surface area contributed by atoms with Crippen molar-refractivity contribution < 1.29 is 20.0 Å². The molecule has 0 aliphatic rings. The molecule has 1 aromatic rings. The lowest BCUT2D eigenvalue weighted by Crippen LogP contribution is -2.69. The normalized spacial score (nSPS) is 12.4. The van der Waals surface area contributed by atoms with Crippen LogP contribution in [0.2, 0.25) is 5.02 Å². The molecule has 6 heteroatoms. The van der Waals surface area contributed by atoms with Gasteiger partial charge in [0.1, 0.15) is 11.9 Å². The van der Waals surface area contributed by atoms with Crippen LogP contribution in [0.1, 0.15) is 5.56 Å². The van der Waals surface area contributed by atoms with Crippen LogP contribution in [0.25, 0.3) is 0 Å². The quantitative estimate of drug-likeness (QED) is 0.818. The highest BCUT2D eigenvalue weighted by atomic mass is 35.5. The van der Waals surface area contributed by atoms with Gasteiger partial charge in [-0.1, -0.05) is 17.7 Å². The van der Waals surface area contributed by atoms with Crippen LogP contribution in [-0.4, -0.2) is 17.8 Å². The van der Waals surface area contributed by atoms with E-state index in [2.05, 4.69) is 5.73 Å². The van der Waals surface area contributed by atoms with E-state index in [9.17, 15) is 14.3 Å². The summed E-state index contributed by atoms with van der Waals surface area (Å²) in [5.74, 6) is -0.987. The van der Waals surface area contributed by atoms with E-state index in [4.69, 9.17) is 11.6 Å². The zero-order chi connectivity index (χ0) is 12.1. The highest BCUT2D eigenvalue weighted by Gasteiger charge is 2.10. The molecule has 0 unspecified atom stereocenters. The molecule has 3 nitrogen and oxygen atoms in total. The minimum absolute atomic E-state index is 0.271. The maximum atomic E-state index is 13.3. The molecule has 0 amide bonds. The fourth-order valence-corrected chi connectivity index (χ4v) is 2.39. The summed E-state index contributed by atoms with van der Waals surface area (Å²) in [7, 11) is 0. The van der Waals surface area contributed by atoms with Crippen LogP contribution in [0.5, 0.6) is 0 Å². The van der Waals surface area contributed by atoms with Gasteiger partial charge in [-0.3, -0.25) is 0 Å². The summed E-state index contributed by atoms with van der Waals surface area (Å²) in [5, 5.41) is 10.7. The van der Waals surface area contributed by atoms with Gasteiger partial charge in [0.05, 0.1) is 11.7 Å². The van der Waals surface area contributed by atoms with Crippen molar-refractivity contribution >= 4 is 29.3 Å². The second kappa shape index (κ2) is 6.08. The third kappa shape index (κ3) is 3.66. The number of thioether (sulfide) groups is 1. The van der Waals surface area contributed by atoms with Crippen molar-refractivity contribution in [3.63, 3.8) is 0 Å². The van der Waals surface area contributed by atoms with Gasteiger partial charge in [-0.05, 0) is 12.1 Å². The Bertz CT molecular complexity index is 369. The van der Waals surface area contributed by atoms with E-state index >= 15 is 0 Å². The summed E-state index contributed by atoms with van der Waals surface area (Å²) >= 11 is 7.07. The number of hydrogen-bond donors (Lipinski definition) is 1. The minimum atomic E-state index is -1.20. The SMILES string of the molecule is [NH3+][C@@H](CSCc1c(F)cccc1Cl)C(=O)[O-]. The smallest absolute Gasteiger partial charge is 0.134 e. The average molecular weight is 264 g/mol. The standard InChI is InChI=1S/C10H11ClFNO2S/c11-7-2-1-3-8(12)6(7)4-16-5-9(13)10(14)15/h1-3,9H,4-5,13H2,(H,14,15)/t9-/m0/s1. The average Bonchev–Trinajstić information content (AvgIpc) is 2.22. The first-order valence-electron chi connectivity index (χ1n) is 4.57. The molecule has 1 aromatic carbocycles. The molecule has 0 spiro atoms. The van der Waals surface area contributed by atoms with Crippen molar-refractivity contribution in [1.29, 1.82) is 0 Å². The first-order valence-corrected chi connectivity index (χ1v) is 6.10. The van der Waals surface area contributed by atoms with Crippen LogP contribution in [0, 0.1) is 5.82 Å². The van der Waals surface area contributed by atoms with Gasteiger partial charge in [-0.15, -0.1) is 0 Å². The van der Waals surface area contributed by atoms with Gasteiger partial charge in [0.2, 0.25) is 0 Å². The largest absolute Gasteiger partial charge is 0.544 e. The molecule has 0 radical (unpaired) electrons. The number of carboxylic acid groups (broad SMARTS) is 1. The van der Waals surface area contributed by atoms with Gasteiger partial charge < -0.3 is 15.6 Å². The molecule has 3 N–H and O–H groups in total. The van der Waals surface area contributed by atoms with E-state index < -0.39 is 12.0 Å². The van der Waals surface area contributed by atoms with Gasteiger partial charge in [0, 0.05) is 16.3 Å². The summed E-state index contributed by atoms with van der Waals surface area (Å²) in [6, 6.07) is 3.65. The Labute approximate surface area is 102 Å². The van der Waals surface area contributed by atoms with Gasteiger partial charge in [0.25, 0.3) is 0 Å². The first-order chi connectivity index (χ1) is 7.52. The van der Waals surface area contributed by atoms with Crippen molar-refractivity contribution in [3.8, 4) is 0 Å². The zero-order valence-corrected chi connectivity index (χ0v) is 9.98. The predicted molar refractivity (Wildman–Crippen MR) is 59.3 cm³/mol. The summed E-state index contributed by atoms with van der Waals surface area (Å²) in [4.78, 5) is 10.4. The molecule has 0 heterocycles. The fourth-order valence-electron chi connectivity index (χ4n) is 1.04. The summed E-state index contributed by atoms with van der Waals surface area (Å²) < 4.78 is 13.3. The summed E-state index contributed by atoms with van der Waals surface area (Å²) in [5.41, 5.74) is 3.79. The van der Waals surface area contributed by atoms with E-state index in [0.717, 1.165) is 0 Å². The van der Waals surface area contributed by atoms with Gasteiger partial charge in [-0.25, -0.2) is 4.39 Å². The van der Waals surface area contributed by atoms with E-state index in [1.807, 2.05) is 0 Å². The Morgan fingerprint density at radius 3 is 2.88 bits per heavy atom. The van der Waals surface area contributed by atoms with Crippen molar-refractivity contribution in [2.75, 3.05) is 5.75 Å². The van der Waals surface area contributed by atoms with Crippen LogP contribution >= 0.6 is 23.4 Å². The minimum Gasteiger partial charge on any atom is -0.544 e. The molecule has 0 aromatic heterocycles. The molecular formula is C10H11ClFNO2S. The molecule has 16 heavy (non-hydrogen) atoms. The Morgan fingerprint density at radius 1 is 1.62 bits per heavy atom. The van der Waals surface area contributed by atoms with Crippen molar-refractivity contribution in [2.45, 2.75) is 11.8 Å². The Morgan fingerprint density at radius 2 is 2.31 bits per heavy atom. The highest BCUT2D eigenvalue weighted by Crippen LogP contribution is 2.23. The number of carbonyl (C=O) groups excluding carboxylic acids is 1. The van der Waals surface area contributed by atoms with E-state index in [-0.39, 0.29) is 11.6 Å². The van der Waals surface area contributed by atoms with Crippen LogP contribution in [0.15, 0.2) is 18.2 Å². The van der Waals surface area contributed by atoms with Crippen LogP contribution in [-0.2, 0) is 10.5 Å². The van der Waals surface area contributed by atoms with Crippen LogP contribution < -0.4 is 10.8 Å². The number of rotatable bonds is 5. The summed E-state index contributed by atoms with van der Waals surface area (Å²) in [6.07, 6.45) is 0. The molecule has 88 valence electrons. The lowest BCUT2D eigenvalue weighted by Gasteiger charge is -2.09. The molecule has 0 aliphatic carbocycles. The number of carboxylic acids is 1. The number of halogens is 2. The maximum Gasteiger partial charge on any atom is 0.134 e. The third-order valence-electron chi connectivity index (χ3n) is 1.96. The second-order valence-corrected chi connectivity index (χ2v) is 4.67. The highest BCUT2D eigenvalue weighted by molar-refractivity contribution is 7.98. The molecular weight excluding hydrogens is 253 g/mol. The number of hydrogen-bond acceptors (Lipinski definition) is 3. The molecule has 0 saturated heterocycles. The van der Waals surface area contributed by atoms with Crippen molar-refractivity contribution in [3.05, 3.63) is 34.6 Å². The lowest BCUT2D eigenvalue weighted by atomic mass is 10.2. The number of carbonyl (C=O) groups is 1. The van der Waals surface area contributed by atoms with E-state index in [1.54, 1.807) is 6.07 Å². The van der Waals surface area contributed by atoms with E-state index in [0.29, 0.717) is 16.3 Å². The molecule has 0 aliphatic heterocycles. The summed E-state index contributed by atoms with van der Waals surface area (Å²) in [6.45, 7) is 0. The Kier molecular flexibility index (Phi) is 5.05. The monoisotopic (exact) mass is 263 g/mol. The molecule has 0 fully saturated rings. The molecule has 1 atom stereocenters. The van der Waals surface area contributed by atoms with Crippen LogP contribution in [0.4, 0.5) is 4.39 Å².